The van der Waals surface area contributed by atoms with Crippen molar-refractivity contribution in [3.8, 4) is 11.8 Å². The van der Waals surface area contributed by atoms with Crippen molar-refractivity contribution in [2.24, 2.45) is 5.92 Å². The van der Waals surface area contributed by atoms with E-state index in [0.717, 1.165) is 36.7 Å². The average molecular weight is 335 g/mol. The molecule has 0 amide bonds. The Morgan fingerprint density at radius 3 is 2.78 bits per heavy atom. The second kappa shape index (κ2) is 6.05. The summed E-state index contributed by atoms with van der Waals surface area (Å²) in [5, 5.41) is 3.45. The molecule has 122 valence electrons. The van der Waals surface area contributed by atoms with Crippen molar-refractivity contribution in [3.63, 3.8) is 0 Å². The van der Waals surface area contributed by atoms with E-state index in [9.17, 15) is 4.39 Å². The van der Waals surface area contributed by atoms with Crippen molar-refractivity contribution in [1.82, 2.24) is 14.1 Å². The van der Waals surface area contributed by atoms with E-state index < -0.39 is 0 Å². The molecule has 1 aliphatic carbocycles. The fourth-order valence-corrected chi connectivity index (χ4v) is 3.76. The predicted octanol–water partition coefficient (Wildman–Crippen LogP) is 2.78. The molecule has 23 heavy (non-hydrogen) atoms. The zero-order valence-electron chi connectivity index (χ0n) is 12.6. The maximum Gasteiger partial charge on any atom is 0.292 e. The molecule has 4 rings (SSSR count). The first-order valence-corrected chi connectivity index (χ1v) is 8.59. The van der Waals surface area contributed by atoms with E-state index in [1.165, 1.54) is 18.6 Å². The number of nitrogens with one attached hydrogen (secondary N) is 1. The Bertz CT molecular complexity index is 668. The third-order valence-corrected chi connectivity index (χ3v) is 5.05. The Kier molecular flexibility index (Phi) is 3.90. The molecule has 2 bridgehead atoms. The van der Waals surface area contributed by atoms with Crippen LogP contribution in [0.4, 0.5) is 4.39 Å². The largest absolute Gasteiger partial charge is 0.473 e. The van der Waals surface area contributed by atoms with E-state index >= 15 is 0 Å². The molecule has 0 spiro atoms. The molecule has 1 saturated carbocycles. The van der Waals surface area contributed by atoms with Gasteiger partial charge in [0.1, 0.15) is 5.82 Å². The van der Waals surface area contributed by atoms with Crippen molar-refractivity contribution in [3.05, 3.63) is 35.6 Å². The number of benzene rings is 1. The van der Waals surface area contributed by atoms with Crippen LogP contribution in [-0.2, 0) is 6.42 Å². The SMILES string of the molecule is Fc1ccc(CCOc2nsnc2OC23CCC(CN2)C3)cc1. The summed E-state index contributed by atoms with van der Waals surface area (Å²) in [4.78, 5) is 0. The molecule has 2 fully saturated rings. The summed E-state index contributed by atoms with van der Waals surface area (Å²) in [7, 11) is 0. The molecule has 2 atom stereocenters. The molecular formula is C16H18FN3O2S. The standard InChI is InChI=1S/C16H18FN3O2S/c17-13-3-1-11(2-4-13)6-8-21-14-15(20-23-19-14)22-16-7-5-12(9-16)10-18-16/h1-4,12,18H,5-10H2. The Balaban J connectivity index is 1.35. The Morgan fingerprint density at radius 1 is 1.26 bits per heavy atom. The van der Waals surface area contributed by atoms with Gasteiger partial charge in [0, 0.05) is 25.8 Å². The van der Waals surface area contributed by atoms with Crippen LogP contribution in [-0.4, -0.2) is 27.6 Å². The van der Waals surface area contributed by atoms with Gasteiger partial charge in [0.2, 0.25) is 0 Å². The molecule has 1 N–H and O–H groups in total. The van der Waals surface area contributed by atoms with E-state index in [1.807, 2.05) is 0 Å². The van der Waals surface area contributed by atoms with Gasteiger partial charge < -0.3 is 9.47 Å². The highest BCUT2D eigenvalue weighted by Gasteiger charge is 2.47. The van der Waals surface area contributed by atoms with Crippen LogP contribution < -0.4 is 14.8 Å². The quantitative estimate of drug-likeness (QED) is 0.880. The highest BCUT2D eigenvalue weighted by atomic mass is 32.1. The number of nitrogens with zero attached hydrogens (tertiary/aromatic N) is 2. The second-order valence-electron chi connectivity index (χ2n) is 6.19. The lowest BCUT2D eigenvalue weighted by Crippen LogP contribution is -2.45. The van der Waals surface area contributed by atoms with Gasteiger partial charge in [0.15, 0.2) is 5.72 Å². The maximum absolute atomic E-state index is 12.9. The summed E-state index contributed by atoms with van der Waals surface area (Å²) in [6.45, 7) is 1.47. The van der Waals surface area contributed by atoms with E-state index in [0.29, 0.717) is 30.7 Å². The van der Waals surface area contributed by atoms with E-state index in [4.69, 9.17) is 9.47 Å². The van der Waals surface area contributed by atoms with Crippen LogP contribution in [0.25, 0.3) is 0 Å². The summed E-state index contributed by atoms with van der Waals surface area (Å²) in [5.74, 6) is 1.41. The van der Waals surface area contributed by atoms with Gasteiger partial charge in [-0.05, 0) is 30.0 Å². The molecule has 1 saturated heterocycles. The predicted molar refractivity (Wildman–Crippen MR) is 84.2 cm³/mol. The van der Waals surface area contributed by atoms with Crippen molar-refractivity contribution < 1.29 is 13.9 Å². The fourth-order valence-electron chi connectivity index (χ4n) is 3.33. The summed E-state index contributed by atoms with van der Waals surface area (Å²) in [6, 6.07) is 6.43. The lowest BCUT2D eigenvalue weighted by Gasteiger charge is -2.27. The van der Waals surface area contributed by atoms with Crippen molar-refractivity contribution >= 4 is 11.7 Å². The van der Waals surface area contributed by atoms with Crippen LogP contribution in [0.15, 0.2) is 24.3 Å². The van der Waals surface area contributed by atoms with Gasteiger partial charge in [-0.2, -0.15) is 0 Å². The number of hydrogen-bond acceptors (Lipinski definition) is 6. The van der Waals surface area contributed by atoms with E-state index in [2.05, 4.69) is 14.1 Å². The third-order valence-electron chi connectivity index (χ3n) is 4.55. The Morgan fingerprint density at radius 2 is 2.09 bits per heavy atom. The summed E-state index contributed by atoms with van der Waals surface area (Å²) >= 11 is 1.09. The number of hydrogen-bond donors (Lipinski definition) is 1. The van der Waals surface area contributed by atoms with Crippen LogP contribution in [0.1, 0.15) is 24.8 Å². The number of rotatable bonds is 6. The van der Waals surface area contributed by atoms with Gasteiger partial charge in [0.25, 0.3) is 11.8 Å². The van der Waals surface area contributed by atoms with Crippen LogP contribution in [0, 0.1) is 11.7 Å². The lowest BCUT2D eigenvalue weighted by atomic mass is 10.1. The fraction of sp³-hybridized carbons (Fsp3) is 0.500. The molecule has 1 aliphatic heterocycles. The maximum atomic E-state index is 12.9. The highest BCUT2D eigenvalue weighted by Crippen LogP contribution is 2.42. The molecule has 7 heteroatoms. The highest BCUT2D eigenvalue weighted by molar-refractivity contribution is 6.99. The summed E-state index contributed by atoms with van der Waals surface area (Å²) in [5.41, 5.74) is 0.738. The summed E-state index contributed by atoms with van der Waals surface area (Å²) in [6.07, 6.45) is 3.91. The monoisotopic (exact) mass is 335 g/mol. The number of aromatic nitrogens is 2. The van der Waals surface area contributed by atoms with Gasteiger partial charge in [-0.15, -0.1) is 8.75 Å². The van der Waals surface area contributed by atoms with Crippen LogP contribution in [0.5, 0.6) is 11.8 Å². The van der Waals surface area contributed by atoms with Gasteiger partial charge in [-0.1, -0.05) is 12.1 Å². The normalized spacial score (nSPS) is 25.7. The Labute approximate surface area is 138 Å². The second-order valence-corrected chi connectivity index (χ2v) is 6.71. The zero-order valence-corrected chi connectivity index (χ0v) is 13.4. The molecule has 1 aromatic heterocycles. The molecule has 0 radical (unpaired) electrons. The van der Waals surface area contributed by atoms with Crippen molar-refractivity contribution in [2.75, 3.05) is 13.2 Å². The molecule has 2 aromatic rings. The number of ether oxygens (including phenoxy) is 2. The molecular weight excluding hydrogens is 317 g/mol. The van der Waals surface area contributed by atoms with Crippen LogP contribution in [0.3, 0.4) is 0 Å². The van der Waals surface area contributed by atoms with E-state index in [-0.39, 0.29) is 11.5 Å². The van der Waals surface area contributed by atoms with E-state index in [1.54, 1.807) is 12.1 Å². The minimum absolute atomic E-state index is 0.229. The van der Waals surface area contributed by atoms with Gasteiger partial charge >= 0.3 is 0 Å². The zero-order chi connectivity index (χ0) is 15.7. The molecule has 2 unspecified atom stereocenters. The molecule has 1 aromatic carbocycles. The molecule has 2 heterocycles. The number of halogens is 1. The van der Waals surface area contributed by atoms with Gasteiger partial charge in [-0.25, -0.2) is 4.39 Å². The topological polar surface area (TPSA) is 56.3 Å². The first kappa shape index (κ1) is 14.8. The summed E-state index contributed by atoms with van der Waals surface area (Å²) < 4.78 is 33.1. The average Bonchev–Trinajstić information content (AvgIpc) is 3.26. The first-order chi connectivity index (χ1) is 11.2. The smallest absolute Gasteiger partial charge is 0.292 e. The van der Waals surface area contributed by atoms with Crippen LogP contribution in [0.2, 0.25) is 0 Å². The number of fused-ring (bicyclic) bond motifs is 2. The molecule has 5 nitrogen and oxygen atoms in total. The van der Waals surface area contributed by atoms with Gasteiger partial charge in [-0.3, -0.25) is 5.32 Å². The third kappa shape index (κ3) is 3.16. The lowest BCUT2D eigenvalue weighted by molar-refractivity contribution is 0.0478. The van der Waals surface area contributed by atoms with Crippen molar-refractivity contribution in [2.45, 2.75) is 31.4 Å². The molecule has 2 aliphatic rings. The minimum atomic E-state index is -0.282. The van der Waals surface area contributed by atoms with Gasteiger partial charge in [0.05, 0.1) is 18.3 Å². The Hall–Kier alpha value is -1.73. The minimum Gasteiger partial charge on any atom is -0.473 e. The first-order valence-electron chi connectivity index (χ1n) is 7.86. The van der Waals surface area contributed by atoms with Crippen molar-refractivity contribution in [1.29, 1.82) is 0 Å². The number of piperidine rings is 1. The van der Waals surface area contributed by atoms with Crippen LogP contribution >= 0.6 is 11.7 Å².